The molecule has 1 aromatic carbocycles. The van der Waals surface area contributed by atoms with Crippen molar-refractivity contribution in [2.45, 2.75) is 44.1 Å². The maximum atomic E-state index is 14.1. The topological polar surface area (TPSA) is 45.2 Å². The molecular weight excluding hydrogens is 385 g/mol. The van der Waals surface area contributed by atoms with Crippen LogP contribution in [0.4, 0.5) is 14.9 Å². The van der Waals surface area contributed by atoms with E-state index in [4.69, 9.17) is 9.47 Å². The summed E-state index contributed by atoms with van der Waals surface area (Å²) in [5, 5.41) is 0. The molecular formula is C23H34FN3O3. The third-order valence-corrected chi connectivity index (χ3v) is 7.19. The van der Waals surface area contributed by atoms with Gasteiger partial charge < -0.3 is 24.2 Å². The number of piperidine rings is 2. The molecule has 2 fully saturated rings. The molecule has 1 spiro atoms. The predicted octanol–water partition coefficient (Wildman–Crippen LogP) is 3.25. The number of fused-ring (bicyclic) bond motifs is 2. The molecule has 30 heavy (non-hydrogen) atoms. The molecule has 0 N–H and O–H groups in total. The van der Waals surface area contributed by atoms with Crippen LogP contribution in [0.25, 0.3) is 0 Å². The average Bonchev–Trinajstić information content (AvgIpc) is 3.05. The number of rotatable bonds is 5. The molecule has 0 bridgehead atoms. The maximum absolute atomic E-state index is 14.1. The predicted molar refractivity (Wildman–Crippen MR) is 115 cm³/mol. The van der Waals surface area contributed by atoms with E-state index in [1.54, 1.807) is 19.2 Å². The van der Waals surface area contributed by atoms with Gasteiger partial charge in [0.05, 0.1) is 13.2 Å². The highest BCUT2D eigenvalue weighted by atomic mass is 19.1. The van der Waals surface area contributed by atoms with Crippen molar-refractivity contribution in [3.05, 3.63) is 29.6 Å². The molecule has 3 heterocycles. The molecule has 0 atom stereocenters. The highest BCUT2D eigenvalue weighted by molar-refractivity contribution is 5.67. The van der Waals surface area contributed by atoms with E-state index in [0.717, 1.165) is 65.0 Å². The van der Waals surface area contributed by atoms with Crippen molar-refractivity contribution in [3.63, 3.8) is 0 Å². The second-order valence-electron chi connectivity index (χ2n) is 8.81. The quantitative estimate of drug-likeness (QED) is 0.733. The lowest BCUT2D eigenvalue weighted by molar-refractivity contribution is 0.0578. The lowest BCUT2D eigenvalue weighted by Crippen LogP contribution is -2.52. The minimum atomic E-state index is -0.186. The number of likely N-dealkylation sites (tertiary alicyclic amines) is 2. The van der Waals surface area contributed by atoms with E-state index in [0.29, 0.717) is 19.3 Å². The molecule has 2 saturated heterocycles. The highest BCUT2D eigenvalue weighted by Crippen LogP contribution is 2.47. The summed E-state index contributed by atoms with van der Waals surface area (Å²) < 4.78 is 24.5. The minimum absolute atomic E-state index is 0.0350. The third kappa shape index (κ3) is 4.14. The lowest BCUT2D eigenvalue weighted by Gasteiger charge is -2.45. The largest absolute Gasteiger partial charge is 0.450 e. The van der Waals surface area contributed by atoms with Crippen LogP contribution < -0.4 is 4.90 Å². The molecule has 3 aliphatic rings. The summed E-state index contributed by atoms with van der Waals surface area (Å²) in [7, 11) is 1.73. The van der Waals surface area contributed by atoms with Crippen molar-refractivity contribution in [2.24, 2.45) is 0 Å². The molecule has 7 heteroatoms. The van der Waals surface area contributed by atoms with E-state index < -0.39 is 0 Å². The zero-order valence-electron chi connectivity index (χ0n) is 18.2. The fourth-order valence-electron chi connectivity index (χ4n) is 5.52. The van der Waals surface area contributed by atoms with Crippen LogP contribution in [0.1, 0.15) is 38.2 Å². The first-order valence-electron chi connectivity index (χ1n) is 11.3. The molecule has 6 nitrogen and oxygen atoms in total. The first kappa shape index (κ1) is 21.4. The van der Waals surface area contributed by atoms with Crippen LogP contribution in [-0.4, -0.2) is 81.5 Å². The summed E-state index contributed by atoms with van der Waals surface area (Å²) in [5.74, 6) is -0.143. The number of carbonyl (C=O) groups is 1. The van der Waals surface area contributed by atoms with Crippen LogP contribution in [0, 0.1) is 5.82 Å². The van der Waals surface area contributed by atoms with Crippen molar-refractivity contribution in [3.8, 4) is 0 Å². The number of hydrogen-bond acceptors (Lipinski definition) is 5. The molecule has 4 rings (SSSR count). The lowest BCUT2D eigenvalue weighted by atomic mass is 9.74. The van der Waals surface area contributed by atoms with Crippen LogP contribution in [0.3, 0.4) is 0 Å². The van der Waals surface area contributed by atoms with Crippen molar-refractivity contribution in [1.82, 2.24) is 9.80 Å². The summed E-state index contributed by atoms with van der Waals surface area (Å²) in [6.45, 7) is 8.33. The molecule has 0 unspecified atom stereocenters. The van der Waals surface area contributed by atoms with Crippen LogP contribution >= 0.6 is 0 Å². The first-order valence-corrected chi connectivity index (χ1v) is 11.3. The Bertz CT molecular complexity index is 743. The van der Waals surface area contributed by atoms with E-state index in [1.165, 1.54) is 11.3 Å². The van der Waals surface area contributed by atoms with Crippen molar-refractivity contribution in [1.29, 1.82) is 0 Å². The normalized spacial score (nSPS) is 21.8. The van der Waals surface area contributed by atoms with Gasteiger partial charge in [0.25, 0.3) is 0 Å². The third-order valence-electron chi connectivity index (χ3n) is 7.19. The number of hydrogen-bond donors (Lipinski definition) is 0. The van der Waals surface area contributed by atoms with Gasteiger partial charge in [-0.1, -0.05) is 0 Å². The van der Waals surface area contributed by atoms with Crippen molar-refractivity contribution < 1.29 is 18.7 Å². The van der Waals surface area contributed by atoms with Gasteiger partial charge in [-0.25, -0.2) is 9.18 Å². The van der Waals surface area contributed by atoms with E-state index in [2.05, 4.69) is 9.80 Å². The number of halogens is 1. The fraction of sp³-hybridized carbons (Fsp3) is 0.696. The van der Waals surface area contributed by atoms with Gasteiger partial charge in [0.2, 0.25) is 0 Å². The molecule has 1 amide bonds. The Kier molecular flexibility index (Phi) is 6.48. The number of methoxy groups -OCH3 is 1. The second kappa shape index (κ2) is 9.10. The molecule has 0 aromatic heterocycles. The van der Waals surface area contributed by atoms with E-state index >= 15 is 0 Å². The summed E-state index contributed by atoms with van der Waals surface area (Å²) in [4.78, 5) is 18.7. The fourth-order valence-corrected chi connectivity index (χ4v) is 5.52. The second-order valence-corrected chi connectivity index (χ2v) is 8.81. The number of anilines is 1. The van der Waals surface area contributed by atoms with Crippen LogP contribution in [0.15, 0.2) is 18.2 Å². The van der Waals surface area contributed by atoms with E-state index in [-0.39, 0.29) is 17.3 Å². The SMILES string of the molecule is CCOC(=O)N1CCC(N2CCC3(CC2)CN(CCOC)c2ccc(F)cc23)CC1. The van der Waals surface area contributed by atoms with Gasteiger partial charge >= 0.3 is 6.09 Å². The Morgan fingerprint density at radius 1 is 1.20 bits per heavy atom. The van der Waals surface area contributed by atoms with Gasteiger partial charge in [-0.2, -0.15) is 0 Å². The van der Waals surface area contributed by atoms with Gasteiger partial charge in [-0.3, -0.25) is 0 Å². The minimum Gasteiger partial charge on any atom is -0.450 e. The number of carbonyl (C=O) groups excluding carboxylic acids is 1. The monoisotopic (exact) mass is 419 g/mol. The van der Waals surface area contributed by atoms with Gasteiger partial charge in [-0.05, 0) is 69.5 Å². The Morgan fingerprint density at radius 2 is 1.93 bits per heavy atom. The molecule has 0 saturated carbocycles. The zero-order chi connectivity index (χ0) is 21.1. The van der Waals surface area contributed by atoms with Crippen LogP contribution in [0.5, 0.6) is 0 Å². The average molecular weight is 420 g/mol. The number of ether oxygens (including phenoxy) is 2. The van der Waals surface area contributed by atoms with Crippen LogP contribution in [-0.2, 0) is 14.9 Å². The van der Waals surface area contributed by atoms with Gasteiger partial charge in [-0.15, -0.1) is 0 Å². The number of amides is 1. The molecule has 1 aromatic rings. The van der Waals surface area contributed by atoms with Gasteiger partial charge in [0.15, 0.2) is 0 Å². The van der Waals surface area contributed by atoms with E-state index in [9.17, 15) is 9.18 Å². The Balaban J connectivity index is 1.38. The Labute approximate surface area is 178 Å². The molecule has 0 aliphatic carbocycles. The molecule has 166 valence electrons. The summed E-state index contributed by atoms with van der Waals surface area (Å²) in [6, 6.07) is 5.79. The summed E-state index contributed by atoms with van der Waals surface area (Å²) in [5.41, 5.74) is 2.38. The van der Waals surface area contributed by atoms with Crippen molar-refractivity contribution in [2.75, 3.05) is 64.5 Å². The zero-order valence-corrected chi connectivity index (χ0v) is 18.2. The standard InChI is InChI=1S/C23H34FN3O3/c1-3-30-22(28)26-10-6-19(7-11-26)25-12-8-23(9-13-25)17-27(14-15-29-2)21-5-4-18(24)16-20(21)23/h4-5,16,19H,3,6-15,17H2,1-2H3. The Hall–Kier alpha value is -1.86. The summed E-state index contributed by atoms with van der Waals surface area (Å²) in [6.07, 6.45) is 3.90. The smallest absolute Gasteiger partial charge is 0.409 e. The van der Waals surface area contributed by atoms with Gasteiger partial charge in [0.1, 0.15) is 5.82 Å². The molecule has 0 radical (unpaired) electrons. The maximum Gasteiger partial charge on any atom is 0.409 e. The number of benzene rings is 1. The van der Waals surface area contributed by atoms with Crippen LogP contribution in [0.2, 0.25) is 0 Å². The highest BCUT2D eigenvalue weighted by Gasteiger charge is 2.45. The van der Waals surface area contributed by atoms with Crippen molar-refractivity contribution >= 4 is 11.8 Å². The number of nitrogens with zero attached hydrogens (tertiary/aromatic N) is 3. The Morgan fingerprint density at radius 3 is 2.60 bits per heavy atom. The van der Waals surface area contributed by atoms with Gasteiger partial charge in [0, 0.05) is 50.4 Å². The van der Waals surface area contributed by atoms with E-state index in [1.807, 2.05) is 17.9 Å². The first-order chi connectivity index (χ1) is 14.6. The summed E-state index contributed by atoms with van der Waals surface area (Å²) >= 11 is 0. The molecule has 3 aliphatic heterocycles.